The number of benzene rings is 1. The van der Waals surface area contributed by atoms with Crippen molar-refractivity contribution in [3.05, 3.63) is 29.1 Å². The Labute approximate surface area is 136 Å². The fourth-order valence-corrected chi connectivity index (χ4v) is 3.75. The number of carbonyl (C=O) groups is 1. The molecule has 0 aromatic heterocycles. The SMILES string of the molecule is COC(=O)c1ccc(F)c2c1CC(N(C(C)C)C1CCC1)CO2. The van der Waals surface area contributed by atoms with Crippen molar-refractivity contribution < 1.29 is 18.7 Å². The van der Waals surface area contributed by atoms with E-state index in [1.165, 1.54) is 38.5 Å². The van der Waals surface area contributed by atoms with Crippen molar-refractivity contribution in [2.24, 2.45) is 0 Å². The minimum atomic E-state index is -0.440. The monoisotopic (exact) mass is 321 g/mol. The fraction of sp³-hybridized carbons (Fsp3) is 0.611. The summed E-state index contributed by atoms with van der Waals surface area (Å²) in [5.41, 5.74) is 1.05. The molecule has 126 valence electrons. The van der Waals surface area contributed by atoms with E-state index in [0.717, 1.165) is 0 Å². The number of fused-ring (bicyclic) bond motifs is 1. The summed E-state index contributed by atoms with van der Waals surface area (Å²) < 4.78 is 24.6. The molecule has 1 aromatic rings. The van der Waals surface area contributed by atoms with Gasteiger partial charge in [-0.2, -0.15) is 0 Å². The minimum Gasteiger partial charge on any atom is -0.489 e. The molecule has 1 unspecified atom stereocenters. The van der Waals surface area contributed by atoms with E-state index in [-0.39, 0.29) is 11.8 Å². The molecule has 1 aromatic carbocycles. The number of hydrogen-bond donors (Lipinski definition) is 0. The molecule has 0 spiro atoms. The quantitative estimate of drug-likeness (QED) is 0.799. The summed E-state index contributed by atoms with van der Waals surface area (Å²) >= 11 is 0. The van der Waals surface area contributed by atoms with Gasteiger partial charge >= 0.3 is 5.97 Å². The van der Waals surface area contributed by atoms with Gasteiger partial charge in [-0.05, 0) is 45.2 Å². The van der Waals surface area contributed by atoms with E-state index in [9.17, 15) is 9.18 Å². The van der Waals surface area contributed by atoms with E-state index in [0.29, 0.717) is 36.2 Å². The zero-order valence-corrected chi connectivity index (χ0v) is 14.0. The summed E-state index contributed by atoms with van der Waals surface area (Å²) in [7, 11) is 1.34. The third kappa shape index (κ3) is 2.94. The lowest BCUT2D eigenvalue weighted by Gasteiger charge is -2.46. The van der Waals surface area contributed by atoms with Crippen LogP contribution in [0.25, 0.3) is 0 Å². The molecule has 3 rings (SSSR count). The highest BCUT2D eigenvalue weighted by Crippen LogP contribution is 2.36. The molecule has 1 atom stereocenters. The van der Waals surface area contributed by atoms with Crippen molar-refractivity contribution in [3.63, 3.8) is 0 Å². The van der Waals surface area contributed by atoms with E-state index in [2.05, 4.69) is 18.7 Å². The van der Waals surface area contributed by atoms with Gasteiger partial charge in [-0.25, -0.2) is 9.18 Å². The van der Waals surface area contributed by atoms with Crippen LogP contribution < -0.4 is 4.74 Å². The van der Waals surface area contributed by atoms with Crippen LogP contribution >= 0.6 is 0 Å². The maximum absolute atomic E-state index is 14.1. The van der Waals surface area contributed by atoms with Crippen LogP contribution in [-0.2, 0) is 11.2 Å². The normalized spacial score (nSPS) is 20.9. The molecule has 1 heterocycles. The first-order valence-electron chi connectivity index (χ1n) is 8.32. The van der Waals surface area contributed by atoms with Gasteiger partial charge in [0.15, 0.2) is 11.6 Å². The van der Waals surface area contributed by atoms with E-state index < -0.39 is 11.8 Å². The number of rotatable bonds is 4. The van der Waals surface area contributed by atoms with Gasteiger partial charge in [0.1, 0.15) is 6.61 Å². The van der Waals surface area contributed by atoms with Gasteiger partial charge in [-0.3, -0.25) is 4.90 Å². The third-order valence-corrected chi connectivity index (χ3v) is 4.99. The Morgan fingerprint density at radius 2 is 2.09 bits per heavy atom. The van der Waals surface area contributed by atoms with Gasteiger partial charge in [-0.1, -0.05) is 6.42 Å². The van der Waals surface area contributed by atoms with Crippen LogP contribution in [0.1, 0.15) is 49.0 Å². The van der Waals surface area contributed by atoms with Crippen LogP contribution in [0, 0.1) is 5.82 Å². The zero-order valence-electron chi connectivity index (χ0n) is 14.0. The summed E-state index contributed by atoms with van der Waals surface area (Å²) in [5.74, 6) is -0.641. The highest BCUT2D eigenvalue weighted by atomic mass is 19.1. The predicted molar refractivity (Wildman–Crippen MR) is 85.3 cm³/mol. The summed E-state index contributed by atoms with van der Waals surface area (Å²) in [4.78, 5) is 14.5. The number of methoxy groups -OCH3 is 1. The van der Waals surface area contributed by atoms with Crippen LogP contribution in [0.5, 0.6) is 5.75 Å². The minimum absolute atomic E-state index is 0.165. The van der Waals surface area contributed by atoms with Gasteiger partial charge in [0.25, 0.3) is 0 Å². The highest BCUT2D eigenvalue weighted by Gasteiger charge is 2.37. The van der Waals surface area contributed by atoms with Crippen LogP contribution in [-0.4, -0.2) is 42.7 Å². The van der Waals surface area contributed by atoms with Gasteiger partial charge in [0.05, 0.1) is 12.7 Å². The van der Waals surface area contributed by atoms with Crippen molar-refractivity contribution >= 4 is 5.97 Å². The molecule has 23 heavy (non-hydrogen) atoms. The van der Waals surface area contributed by atoms with Crippen molar-refractivity contribution in [1.82, 2.24) is 4.90 Å². The van der Waals surface area contributed by atoms with E-state index in [1.807, 2.05) is 0 Å². The predicted octanol–water partition coefficient (Wildman–Crippen LogP) is 3.18. The molecule has 1 fully saturated rings. The number of esters is 1. The van der Waals surface area contributed by atoms with Gasteiger partial charge < -0.3 is 9.47 Å². The van der Waals surface area contributed by atoms with Crippen LogP contribution in [0.15, 0.2) is 12.1 Å². The van der Waals surface area contributed by atoms with Crippen molar-refractivity contribution in [3.8, 4) is 5.75 Å². The Balaban J connectivity index is 1.92. The Kier molecular flexibility index (Phi) is 4.57. The van der Waals surface area contributed by atoms with Crippen LogP contribution in [0.2, 0.25) is 0 Å². The average Bonchev–Trinajstić information content (AvgIpc) is 2.49. The largest absolute Gasteiger partial charge is 0.489 e. The smallest absolute Gasteiger partial charge is 0.338 e. The van der Waals surface area contributed by atoms with Crippen molar-refractivity contribution in [2.75, 3.05) is 13.7 Å². The molecule has 0 saturated heterocycles. The first-order chi connectivity index (χ1) is 11.0. The standard InChI is InChI=1S/C18H24FNO3/c1-11(2)20(12-5-4-6-12)13-9-15-14(18(21)22-3)7-8-16(19)17(15)23-10-13/h7-8,11-13H,4-6,9-10H2,1-3H3. The lowest BCUT2D eigenvalue weighted by molar-refractivity contribution is 0.0181. The average molecular weight is 321 g/mol. The summed E-state index contributed by atoms with van der Waals surface area (Å²) in [6, 6.07) is 3.90. The number of ether oxygens (including phenoxy) is 2. The third-order valence-electron chi connectivity index (χ3n) is 4.99. The van der Waals surface area contributed by atoms with Gasteiger partial charge in [-0.15, -0.1) is 0 Å². The zero-order chi connectivity index (χ0) is 16.6. The summed E-state index contributed by atoms with van der Waals surface area (Å²) in [6.45, 7) is 4.82. The second-order valence-corrected chi connectivity index (χ2v) is 6.69. The molecular weight excluding hydrogens is 297 g/mol. The molecule has 0 bridgehead atoms. The first-order valence-corrected chi connectivity index (χ1v) is 8.32. The number of nitrogens with zero attached hydrogens (tertiary/aromatic N) is 1. The number of carbonyl (C=O) groups excluding carboxylic acids is 1. The molecule has 2 aliphatic rings. The topological polar surface area (TPSA) is 38.8 Å². The second-order valence-electron chi connectivity index (χ2n) is 6.69. The lowest BCUT2D eigenvalue weighted by Crippen LogP contribution is -2.54. The molecule has 0 N–H and O–H groups in total. The Morgan fingerprint density at radius 1 is 1.35 bits per heavy atom. The van der Waals surface area contributed by atoms with Crippen molar-refractivity contribution in [2.45, 2.75) is 57.7 Å². The van der Waals surface area contributed by atoms with Crippen molar-refractivity contribution in [1.29, 1.82) is 0 Å². The molecule has 1 aliphatic heterocycles. The van der Waals surface area contributed by atoms with Crippen LogP contribution in [0.4, 0.5) is 4.39 Å². The van der Waals surface area contributed by atoms with Gasteiger partial charge in [0.2, 0.25) is 0 Å². The molecular formula is C18H24FNO3. The second kappa shape index (κ2) is 6.48. The van der Waals surface area contributed by atoms with E-state index in [1.54, 1.807) is 0 Å². The summed E-state index contributed by atoms with van der Waals surface area (Å²) in [6.07, 6.45) is 4.29. The van der Waals surface area contributed by atoms with E-state index >= 15 is 0 Å². The van der Waals surface area contributed by atoms with Gasteiger partial charge in [0, 0.05) is 23.7 Å². The number of halogens is 1. The maximum Gasteiger partial charge on any atom is 0.338 e. The molecule has 1 saturated carbocycles. The fourth-order valence-electron chi connectivity index (χ4n) is 3.75. The highest BCUT2D eigenvalue weighted by molar-refractivity contribution is 5.92. The Bertz CT molecular complexity index is 598. The van der Waals surface area contributed by atoms with Crippen LogP contribution in [0.3, 0.4) is 0 Å². The molecule has 0 amide bonds. The molecule has 4 nitrogen and oxygen atoms in total. The Hall–Kier alpha value is -1.62. The molecule has 0 radical (unpaired) electrons. The number of hydrogen-bond acceptors (Lipinski definition) is 4. The lowest BCUT2D eigenvalue weighted by atomic mass is 9.87. The first kappa shape index (κ1) is 16.2. The summed E-state index contributed by atoms with van der Waals surface area (Å²) in [5, 5.41) is 0. The molecule has 1 aliphatic carbocycles. The molecule has 5 heteroatoms. The maximum atomic E-state index is 14.1. The Morgan fingerprint density at radius 3 is 2.65 bits per heavy atom. The van der Waals surface area contributed by atoms with E-state index in [4.69, 9.17) is 9.47 Å².